The van der Waals surface area contributed by atoms with Crippen molar-refractivity contribution in [3.8, 4) is 5.75 Å². The number of halogens is 1. The van der Waals surface area contributed by atoms with Gasteiger partial charge in [0.15, 0.2) is 0 Å². The Balaban J connectivity index is 1.77. The third-order valence-electron chi connectivity index (χ3n) is 3.18. The quantitative estimate of drug-likeness (QED) is 0.770. The van der Waals surface area contributed by atoms with Crippen LogP contribution in [0.3, 0.4) is 0 Å². The summed E-state index contributed by atoms with van der Waals surface area (Å²) in [5.41, 5.74) is 2.97. The van der Waals surface area contributed by atoms with E-state index in [1.54, 1.807) is 0 Å². The van der Waals surface area contributed by atoms with Gasteiger partial charge in [-0.2, -0.15) is 0 Å². The van der Waals surface area contributed by atoms with Crippen LogP contribution in [0.2, 0.25) is 0 Å². The standard InChI is InChI=1S/C16H16BrN3O/c1-18-9-12-8-13(17)5-6-15(12)21-11-14-10-20-7-3-2-4-16(20)19-14/h2-8,10,18H,9,11H2,1H3. The van der Waals surface area contributed by atoms with Crippen molar-refractivity contribution in [2.45, 2.75) is 13.2 Å². The number of hydrogen-bond acceptors (Lipinski definition) is 3. The number of rotatable bonds is 5. The van der Waals surface area contributed by atoms with E-state index in [1.165, 1.54) is 0 Å². The largest absolute Gasteiger partial charge is 0.487 e. The van der Waals surface area contributed by atoms with Crippen molar-refractivity contribution >= 4 is 21.6 Å². The van der Waals surface area contributed by atoms with E-state index in [1.807, 2.05) is 54.2 Å². The minimum Gasteiger partial charge on any atom is -0.487 e. The van der Waals surface area contributed by atoms with Crippen LogP contribution in [0.25, 0.3) is 5.65 Å². The molecule has 0 saturated heterocycles. The summed E-state index contributed by atoms with van der Waals surface area (Å²) in [6.45, 7) is 1.22. The number of imidazole rings is 1. The van der Waals surface area contributed by atoms with E-state index in [4.69, 9.17) is 4.74 Å². The van der Waals surface area contributed by atoms with Gasteiger partial charge in [0.2, 0.25) is 0 Å². The first kappa shape index (κ1) is 14.1. The van der Waals surface area contributed by atoms with Gasteiger partial charge in [0, 0.05) is 29.0 Å². The summed E-state index contributed by atoms with van der Waals surface area (Å²) in [6, 6.07) is 12.0. The number of benzene rings is 1. The molecule has 0 spiro atoms. The first-order valence-corrected chi connectivity index (χ1v) is 7.54. The van der Waals surface area contributed by atoms with Crippen LogP contribution in [0.5, 0.6) is 5.75 Å². The van der Waals surface area contributed by atoms with Crippen LogP contribution in [0, 0.1) is 0 Å². The highest BCUT2D eigenvalue weighted by Gasteiger charge is 2.06. The Bertz CT molecular complexity index is 721. The van der Waals surface area contributed by atoms with Crippen LogP contribution in [-0.4, -0.2) is 16.4 Å². The van der Waals surface area contributed by atoms with Crippen LogP contribution in [0.15, 0.2) is 53.3 Å². The summed E-state index contributed by atoms with van der Waals surface area (Å²) in [7, 11) is 1.92. The summed E-state index contributed by atoms with van der Waals surface area (Å²) >= 11 is 3.49. The Morgan fingerprint density at radius 3 is 3.00 bits per heavy atom. The van der Waals surface area contributed by atoms with Gasteiger partial charge in [-0.05, 0) is 37.4 Å². The van der Waals surface area contributed by atoms with Crippen LogP contribution < -0.4 is 10.1 Å². The van der Waals surface area contributed by atoms with E-state index < -0.39 is 0 Å². The van der Waals surface area contributed by atoms with Gasteiger partial charge in [0.25, 0.3) is 0 Å². The first-order valence-electron chi connectivity index (χ1n) is 6.75. The monoisotopic (exact) mass is 345 g/mol. The molecule has 108 valence electrons. The smallest absolute Gasteiger partial charge is 0.137 e. The molecule has 0 unspecified atom stereocenters. The van der Waals surface area contributed by atoms with Gasteiger partial charge in [-0.1, -0.05) is 22.0 Å². The fourth-order valence-electron chi connectivity index (χ4n) is 2.23. The van der Waals surface area contributed by atoms with Crippen molar-refractivity contribution in [2.75, 3.05) is 7.05 Å². The molecule has 5 heteroatoms. The van der Waals surface area contributed by atoms with E-state index in [2.05, 4.69) is 32.3 Å². The highest BCUT2D eigenvalue weighted by atomic mass is 79.9. The average molecular weight is 346 g/mol. The lowest BCUT2D eigenvalue weighted by atomic mass is 10.2. The number of pyridine rings is 1. The van der Waals surface area contributed by atoms with E-state index in [9.17, 15) is 0 Å². The highest BCUT2D eigenvalue weighted by molar-refractivity contribution is 9.10. The second kappa shape index (κ2) is 6.28. The van der Waals surface area contributed by atoms with Gasteiger partial charge in [-0.25, -0.2) is 4.98 Å². The maximum Gasteiger partial charge on any atom is 0.137 e. The zero-order valence-electron chi connectivity index (χ0n) is 11.7. The zero-order chi connectivity index (χ0) is 14.7. The molecule has 0 atom stereocenters. The first-order chi connectivity index (χ1) is 10.3. The fraction of sp³-hybridized carbons (Fsp3) is 0.188. The number of aromatic nitrogens is 2. The third-order valence-corrected chi connectivity index (χ3v) is 3.67. The van der Waals surface area contributed by atoms with Crippen molar-refractivity contribution in [1.82, 2.24) is 14.7 Å². The predicted octanol–water partition coefficient (Wildman–Crippen LogP) is 3.40. The average Bonchev–Trinajstić information content (AvgIpc) is 2.89. The molecule has 3 rings (SSSR count). The van der Waals surface area contributed by atoms with Gasteiger partial charge >= 0.3 is 0 Å². The normalized spacial score (nSPS) is 11.0. The summed E-state index contributed by atoms with van der Waals surface area (Å²) in [5, 5.41) is 3.15. The minimum absolute atomic E-state index is 0.458. The fourth-order valence-corrected chi connectivity index (χ4v) is 2.63. The van der Waals surface area contributed by atoms with Crippen LogP contribution >= 0.6 is 15.9 Å². The molecule has 2 aromatic heterocycles. The summed E-state index contributed by atoms with van der Waals surface area (Å²) in [6.07, 6.45) is 3.98. The Morgan fingerprint density at radius 1 is 1.29 bits per heavy atom. The van der Waals surface area contributed by atoms with Gasteiger partial charge in [-0.3, -0.25) is 0 Å². The maximum absolute atomic E-state index is 5.92. The molecule has 0 aliphatic carbocycles. The minimum atomic E-state index is 0.458. The van der Waals surface area contributed by atoms with Crippen molar-refractivity contribution in [1.29, 1.82) is 0 Å². The molecule has 0 aliphatic rings. The predicted molar refractivity (Wildman–Crippen MR) is 86.4 cm³/mol. The van der Waals surface area contributed by atoms with Gasteiger partial charge in [-0.15, -0.1) is 0 Å². The van der Waals surface area contributed by atoms with Crippen molar-refractivity contribution < 1.29 is 4.74 Å². The lowest BCUT2D eigenvalue weighted by Crippen LogP contribution is -2.07. The lowest BCUT2D eigenvalue weighted by Gasteiger charge is -2.10. The molecule has 0 fully saturated rings. The van der Waals surface area contributed by atoms with Gasteiger partial charge in [0.05, 0.1) is 5.69 Å². The number of fused-ring (bicyclic) bond motifs is 1. The van der Waals surface area contributed by atoms with Gasteiger partial charge < -0.3 is 14.5 Å². The second-order valence-electron chi connectivity index (χ2n) is 4.77. The molecule has 0 radical (unpaired) electrons. The topological polar surface area (TPSA) is 38.6 Å². The van der Waals surface area contributed by atoms with Crippen molar-refractivity contribution in [3.05, 3.63) is 64.5 Å². The molecule has 1 N–H and O–H groups in total. The Kier molecular flexibility index (Phi) is 4.22. The second-order valence-corrected chi connectivity index (χ2v) is 5.69. The Hall–Kier alpha value is -1.85. The molecule has 0 saturated carbocycles. The SMILES string of the molecule is CNCc1cc(Br)ccc1OCc1cn2ccccc2n1. The molecule has 0 amide bonds. The molecule has 1 aromatic carbocycles. The maximum atomic E-state index is 5.92. The summed E-state index contributed by atoms with van der Waals surface area (Å²) < 4.78 is 8.97. The van der Waals surface area contributed by atoms with Crippen molar-refractivity contribution in [3.63, 3.8) is 0 Å². The number of hydrogen-bond donors (Lipinski definition) is 1. The molecule has 0 bridgehead atoms. The Labute approximate surface area is 131 Å². The molecule has 3 aromatic rings. The van der Waals surface area contributed by atoms with E-state index in [-0.39, 0.29) is 0 Å². The lowest BCUT2D eigenvalue weighted by molar-refractivity contribution is 0.298. The summed E-state index contributed by atoms with van der Waals surface area (Å²) in [5.74, 6) is 0.879. The third kappa shape index (κ3) is 3.25. The molecule has 0 aliphatic heterocycles. The van der Waals surface area contributed by atoms with E-state index in [0.717, 1.165) is 33.7 Å². The van der Waals surface area contributed by atoms with E-state index in [0.29, 0.717) is 6.61 Å². The highest BCUT2D eigenvalue weighted by Crippen LogP contribution is 2.24. The molecular formula is C16H16BrN3O. The molecular weight excluding hydrogens is 330 g/mol. The molecule has 4 nitrogen and oxygen atoms in total. The van der Waals surface area contributed by atoms with Crippen LogP contribution in [-0.2, 0) is 13.2 Å². The van der Waals surface area contributed by atoms with Crippen LogP contribution in [0.4, 0.5) is 0 Å². The zero-order valence-corrected chi connectivity index (χ0v) is 13.3. The van der Waals surface area contributed by atoms with Crippen molar-refractivity contribution in [2.24, 2.45) is 0 Å². The Morgan fingerprint density at radius 2 is 2.19 bits per heavy atom. The molecule has 21 heavy (non-hydrogen) atoms. The molecule has 2 heterocycles. The summed E-state index contributed by atoms with van der Waals surface area (Å²) in [4.78, 5) is 4.53. The van der Waals surface area contributed by atoms with Gasteiger partial charge in [0.1, 0.15) is 18.0 Å². The van der Waals surface area contributed by atoms with E-state index >= 15 is 0 Å². The number of nitrogens with zero attached hydrogens (tertiary/aromatic N) is 2. The number of nitrogens with one attached hydrogen (secondary N) is 1. The number of ether oxygens (including phenoxy) is 1. The van der Waals surface area contributed by atoms with Crippen LogP contribution in [0.1, 0.15) is 11.3 Å².